The molecule has 6 heteroatoms. The summed E-state index contributed by atoms with van der Waals surface area (Å²) in [6, 6.07) is 14.5. The van der Waals surface area contributed by atoms with Crippen LogP contribution in [0.3, 0.4) is 0 Å². The molecule has 3 aromatic carbocycles. The zero-order valence-corrected chi connectivity index (χ0v) is 16.3. The molecule has 0 bridgehead atoms. The summed E-state index contributed by atoms with van der Waals surface area (Å²) in [6.45, 7) is 3.74. The first-order chi connectivity index (χ1) is 14.6. The van der Waals surface area contributed by atoms with Gasteiger partial charge in [-0.2, -0.15) is 0 Å². The number of aromatic nitrogens is 2. The Bertz CT molecular complexity index is 1600. The van der Waals surface area contributed by atoms with Gasteiger partial charge in [0.25, 0.3) is 11.8 Å². The summed E-state index contributed by atoms with van der Waals surface area (Å²) in [6.07, 6.45) is 0. The minimum absolute atomic E-state index is 0.277. The molecule has 1 atom stereocenters. The Morgan fingerprint density at radius 1 is 0.900 bits per heavy atom. The number of para-hydroxylation sites is 2. The molecule has 7 rings (SSSR count). The Morgan fingerprint density at radius 3 is 2.53 bits per heavy atom. The lowest BCUT2D eigenvalue weighted by Crippen LogP contribution is -2.27. The molecule has 6 nitrogen and oxygen atoms in total. The van der Waals surface area contributed by atoms with Crippen molar-refractivity contribution < 1.29 is 9.59 Å². The number of fused-ring (bicyclic) bond motifs is 10. The van der Waals surface area contributed by atoms with Crippen LogP contribution in [-0.4, -0.2) is 27.4 Å². The van der Waals surface area contributed by atoms with Gasteiger partial charge in [0.05, 0.1) is 27.7 Å². The van der Waals surface area contributed by atoms with Gasteiger partial charge in [-0.1, -0.05) is 36.4 Å². The fraction of sp³-hybridized carbons (Fsp3) is 0.167. The Morgan fingerprint density at radius 2 is 1.67 bits per heavy atom. The highest BCUT2D eigenvalue weighted by atomic mass is 16.2. The van der Waals surface area contributed by atoms with E-state index in [1.807, 2.05) is 30.3 Å². The normalized spacial score (nSPS) is 18.5. The number of rotatable bonds is 0. The molecule has 0 spiro atoms. The van der Waals surface area contributed by atoms with Crippen molar-refractivity contribution in [3.8, 4) is 0 Å². The van der Waals surface area contributed by atoms with Gasteiger partial charge >= 0.3 is 0 Å². The fourth-order valence-electron chi connectivity index (χ4n) is 5.46. The Balaban J connectivity index is 1.86. The lowest BCUT2D eigenvalue weighted by Gasteiger charge is -2.13. The van der Waals surface area contributed by atoms with Gasteiger partial charge in [0.2, 0.25) is 0 Å². The van der Waals surface area contributed by atoms with Crippen molar-refractivity contribution in [1.29, 1.82) is 0 Å². The van der Waals surface area contributed by atoms with Crippen LogP contribution in [0.15, 0.2) is 42.5 Å². The van der Waals surface area contributed by atoms with Gasteiger partial charge in [-0.15, -0.1) is 0 Å². The highest BCUT2D eigenvalue weighted by Crippen LogP contribution is 2.44. The summed E-state index contributed by atoms with van der Waals surface area (Å²) in [5.74, 6) is -0.620. The number of amides is 2. The van der Waals surface area contributed by atoms with Crippen LogP contribution in [-0.2, 0) is 13.1 Å². The molecule has 3 N–H and O–H groups in total. The third-order valence-corrected chi connectivity index (χ3v) is 6.64. The topological polar surface area (TPSA) is 78.9 Å². The van der Waals surface area contributed by atoms with Crippen LogP contribution in [0.4, 0.5) is 0 Å². The van der Waals surface area contributed by atoms with E-state index in [0.29, 0.717) is 11.1 Å². The van der Waals surface area contributed by atoms with E-state index in [-0.39, 0.29) is 17.9 Å². The molecule has 0 aliphatic carbocycles. The van der Waals surface area contributed by atoms with Gasteiger partial charge in [-0.3, -0.25) is 14.9 Å². The summed E-state index contributed by atoms with van der Waals surface area (Å²) >= 11 is 0. The predicted octanol–water partition coefficient (Wildman–Crippen LogP) is 3.80. The zero-order chi connectivity index (χ0) is 20.1. The zero-order valence-electron chi connectivity index (χ0n) is 16.3. The first-order valence-electron chi connectivity index (χ1n) is 10.2. The van der Waals surface area contributed by atoms with Crippen LogP contribution in [0, 0.1) is 0 Å². The molecule has 0 saturated carbocycles. The largest absolute Gasteiger partial charge is 0.353 e. The van der Waals surface area contributed by atoms with Crippen LogP contribution in [0.2, 0.25) is 0 Å². The van der Waals surface area contributed by atoms with Crippen molar-refractivity contribution in [2.45, 2.75) is 26.1 Å². The molecule has 0 fully saturated rings. The summed E-state index contributed by atoms with van der Waals surface area (Å²) < 4.78 is 2.33. The highest BCUT2D eigenvalue weighted by molar-refractivity contribution is 6.39. The van der Waals surface area contributed by atoms with Crippen molar-refractivity contribution in [3.63, 3.8) is 0 Å². The second-order valence-corrected chi connectivity index (χ2v) is 8.38. The molecular formula is C24H18N4O2. The lowest BCUT2D eigenvalue weighted by atomic mass is 9.96. The van der Waals surface area contributed by atoms with Gasteiger partial charge in [0, 0.05) is 46.2 Å². The van der Waals surface area contributed by atoms with Crippen molar-refractivity contribution in [1.82, 2.24) is 20.2 Å². The van der Waals surface area contributed by atoms with Crippen LogP contribution in [0.1, 0.15) is 33.2 Å². The minimum atomic E-state index is -0.314. The maximum atomic E-state index is 13.0. The van der Waals surface area contributed by atoms with E-state index in [1.54, 1.807) is 0 Å². The number of nitrogens with zero attached hydrogens (tertiary/aromatic N) is 1. The highest BCUT2D eigenvalue weighted by Gasteiger charge is 2.36. The average Bonchev–Trinajstić information content (AvgIpc) is 3.32. The van der Waals surface area contributed by atoms with Gasteiger partial charge in [-0.25, -0.2) is 0 Å². The average molecular weight is 394 g/mol. The quantitative estimate of drug-likeness (QED) is 0.350. The number of carbonyl (C=O) groups excluding carboxylic acids is 2. The van der Waals surface area contributed by atoms with Gasteiger partial charge in [0.15, 0.2) is 0 Å². The van der Waals surface area contributed by atoms with Crippen LogP contribution < -0.4 is 10.6 Å². The molecule has 1 unspecified atom stereocenters. The SMILES string of the molecule is CC1Cn2c3c(cccc3c3c4c(c5c6ccccc6[nH]c5c32)C(=O)NC4=O)CN1. The van der Waals surface area contributed by atoms with E-state index in [2.05, 4.69) is 39.2 Å². The first kappa shape index (κ1) is 16.2. The van der Waals surface area contributed by atoms with Crippen LogP contribution in [0.25, 0.3) is 43.6 Å². The molecule has 0 saturated heterocycles. The second kappa shape index (κ2) is 5.29. The van der Waals surface area contributed by atoms with Gasteiger partial charge in [-0.05, 0) is 18.6 Å². The van der Waals surface area contributed by atoms with E-state index in [9.17, 15) is 9.59 Å². The lowest BCUT2D eigenvalue weighted by molar-refractivity contribution is 0.0880. The monoisotopic (exact) mass is 394 g/mol. The number of benzene rings is 3. The number of hydrogen-bond acceptors (Lipinski definition) is 3. The molecule has 2 amide bonds. The standard InChI is InChI=1S/C24H18N4O2/c1-11-10-28-21-12(9-25-11)5-4-7-14(21)17-19-18(23(29)27-24(19)30)16-13-6-2-3-8-15(13)26-20(16)22(17)28/h2-8,11,25-26H,9-10H2,1H3,(H,27,29,30). The number of hydrogen-bond donors (Lipinski definition) is 3. The van der Waals surface area contributed by atoms with Crippen molar-refractivity contribution in [2.75, 3.05) is 0 Å². The summed E-state index contributed by atoms with van der Waals surface area (Å²) in [7, 11) is 0. The summed E-state index contributed by atoms with van der Waals surface area (Å²) in [5.41, 5.74) is 6.24. The first-order valence-corrected chi connectivity index (χ1v) is 10.2. The van der Waals surface area contributed by atoms with Crippen molar-refractivity contribution in [3.05, 3.63) is 59.2 Å². The van der Waals surface area contributed by atoms with Crippen molar-refractivity contribution in [2.24, 2.45) is 0 Å². The molecule has 5 aromatic rings. The molecule has 2 aromatic heterocycles. The molecule has 2 aliphatic heterocycles. The van der Waals surface area contributed by atoms with E-state index in [1.165, 1.54) is 5.56 Å². The number of imide groups is 1. The van der Waals surface area contributed by atoms with E-state index in [0.717, 1.165) is 56.7 Å². The molecule has 0 radical (unpaired) electrons. The molecule has 30 heavy (non-hydrogen) atoms. The van der Waals surface area contributed by atoms with E-state index >= 15 is 0 Å². The third-order valence-electron chi connectivity index (χ3n) is 6.64. The van der Waals surface area contributed by atoms with E-state index in [4.69, 9.17) is 0 Å². The summed E-state index contributed by atoms with van der Waals surface area (Å²) in [5, 5.41) is 9.83. The third kappa shape index (κ3) is 1.78. The van der Waals surface area contributed by atoms with Crippen LogP contribution in [0.5, 0.6) is 0 Å². The van der Waals surface area contributed by atoms with Crippen molar-refractivity contribution >= 4 is 55.4 Å². The minimum Gasteiger partial charge on any atom is -0.353 e. The Kier molecular flexibility index (Phi) is 2.85. The van der Waals surface area contributed by atoms with Crippen LogP contribution >= 0.6 is 0 Å². The number of nitrogens with one attached hydrogen (secondary N) is 3. The summed E-state index contributed by atoms with van der Waals surface area (Å²) in [4.78, 5) is 29.5. The smallest absolute Gasteiger partial charge is 0.259 e. The maximum Gasteiger partial charge on any atom is 0.259 e. The number of H-pyrrole nitrogens is 1. The fourth-order valence-corrected chi connectivity index (χ4v) is 5.46. The molecule has 2 aliphatic rings. The molecular weight excluding hydrogens is 376 g/mol. The molecule has 4 heterocycles. The predicted molar refractivity (Wildman–Crippen MR) is 117 cm³/mol. The second-order valence-electron chi connectivity index (χ2n) is 8.38. The van der Waals surface area contributed by atoms with E-state index < -0.39 is 0 Å². The number of aromatic amines is 1. The molecule has 146 valence electrons. The number of carbonyl (C=O) groups is 2. The Labute approximate surface area is 170 Å². The van der Waals surface area contributed by atoms with Gasteiger partial charge < -0.3 is 14.9 Å². The maximum absolute atomic E-state index is 13.0. The van der Waals surface area contributed by atoms with Gasteiger partial charge in [0.1, 0.15) is 0 Å². The Hall–Kier alpha value is -3.64.